The first-order valence-corrected chi connectivity index (χ1v) is 9.26. The molecule has 0 radical (unpaired) electrons. The van der Waals surface area contributed by atoms with Gasteiger partial charge in [0.15, 0.2) is 11.5 Å². The monoisotopic (exact) mass is 440 g/mol. The molecule has 1 aromatic heterocycles. The second-order valence-corrected chi connectivity index (χ2v) is 6.35. The highest BCUT2D eigenvalue weighted by Gasteiger charge is 2.18. The molecule has 1 amide bonds. The van der Waals surface area contributed by atoms with E-state index in [1.807, 2.05) is 32.0 Å². The normalized spacial score (nSPS) is 10.5. The van der Waals surface area contributed by atoms with Crippen molar-refractivity contribution in [3.63, 3.8) is 0 Å². The predicted molar refractivity (Wildman–Crippen MR) is 102 cm³/mol. The molecule has 10 heteroatoms. The van der Waals surface area contributed by atoms with Gasteiger partial charge in [-0.25, -0.2) is 0 Å². The summed E-state index contributed by atoms with van der Waals surface area (Å²) in [5, 5.41) is 17.4. The van der Waals surface area contributed by atoms with E-state index in [9.17, 15) is 14.9 Å². The number of nitro groups is 1. The van der Waals surface area contributed by atoms with E-state index in [2.05, 4.69) is 26.3 Å². The molecule has 1 aromatic carbocycles. The summed E-state index contributed by atoms with van der Waals surface area (Å²) in [5.74, 6) is 0.851. The molecule has 2 aromatic rings. The van der Waals surface area contributed by atoms with Crippen molar-refractivity contribution < 1.29 is 19.2 Å². The molecule has 0 unspecified atom stereocenters. The van der Waals surface area contributed by atoms with Gasteiger partial charge in [-0.2, -0.15) is 4.68 Å². The Balaban J connectivity index is 1.88. The molecular weight excluding hydrogens is 420 g/mol. The van der Waals surface area contributed by atoms with E-state index in [1.54, 1.807) is 0 Å². The molecule has 0 saturated carbocycles. The van der Waals surface area contributed by atoms with Gasteiger partial charge in [-0.15, -0.1) is 0 Å². The van der Waals surface area contributed by atoms with Crippen LogP contribution in [0.1, 0.15) is 25.8 Å². The fourth-order valence-corrected chi connectivity index (χ4v) is 2.80. The van der Waals surface area contributed by atoms with Crippen LogP contribution >= 0.6 is 15.9 Å². The van der Waals surface area contributed by atoms with Crippen LogP contribution in [0.4, 0.5) is 5.82 Å². The lowest BCUT2D eigenvalue weighted by atomic mass is 10.2. The third-order valence-electron chi connectivity index (χ3n) is 3.54. The highest BCUT2D eigenvalue weighted by molar-refractivity contribution is 9.10. The zero-order chi connectivity index (χ0) is 19.8. The van der Waals surface area contributed by atoms with Crippen LogP contribution in [0.2, 0.25) is 0 Å². The summed E-state index contributed by atoms with van der Waals surface area (Å²) >= 11 is 3.07. The van der Waals surface area contributed by atoms with Crippen molar-refractivity contribution in [3.05, 3.63) is 44.5 Å². The molecule has 1 N–H and O–H groups in total. The lowest BCUT2D eigenvalue weighted by Crippen LogP contribution is -2.24. The van der Waals surface area contributed by atoms with Gasteiger partial charge in [0.05, 0.1) is 31.1 Å². The van der Waals surface area contributed by atoms with Crippen LogP contribution < -0.4 is 14.8 Å². The third-order valence-corrected chi connectivity index (χ3v) is 4.10. The van der Waals surface area contributed by atoms with Crippen LogP contribution in [0.5, 0.6) is 11.5 Å². The van der Waals surface area contributed by atoms with Gasteiger partial charge in [0.2, 0.25) is 5.91 Å². The predicted octanol–water partition coefficient (Wildman–Crippen LogP) is 3.06. The summed E-state index contributed by atoms with van der Waals surface area (Å²) in [7, 11) is 0. The number of hydrogen-bond acceptors (Lipinski definition) is 6. The first-order chi connectivity index (χ1) is 12.9. The molecule has 0 aliphatic carbocycles. The maximum absolute atomic E-state index is 12.0. The first-order valence-electron chi connectivity index (χ1n) is 8.47. The SMILES string of the molecule is CCOc1ccc(CNC(=O)CCn2cc(Br)c([N+](=O)[O-])n2)cc1OCC. The number of carbonyl (C=O) groups is 1. The lowest BCUT2D eigenvalue weighted by molar-refractivity contribution is -0.390. The highest BCUT2D eigenvalue weighted by atomic mass is 79.9. The van der Waals surface area contributed by atoms with Crippen molar-refractivity contribution in [2.45, 2.75) is 33.4 Å². The summed E-state index contributed by atoms with van der Waals surface area (Å²) in [5.41, 5.74) is 0.882. The van der Waals surface area contributed by atoms with Gasteiger partial charge in [0, 0.05) is 13.0 Å². The van der Waals surface area contributed by atoms with Gasteiger partial charge in [-0.1, -0.05) is 6.07 Å². The van der Waals surface area contributed by atoms with Crippen LogP contribution in [0.3, 0.4) is 0 Å². The number of nitrogens with zero attached hydrogens (tertiary/aromatic N) is 3. The number of nitrogens with one attached hydrogen (secondary N) is 1. The van der Waals surface area contributed by atoms with E-state index in [-0.39, 0.29) is 29.2 Å². The Morgan fingerprint density at radius 2 is 2.00 bits per heavy atom. The number of carbonyl (C=O) groups excluding carboxylic acids is 1. The van der Waals surface area contributed by atoms with E-state index in [0.29, 0.717) is 31.3 Å². The van der Waals surface area contributed by atoms with Crippen molar-refractivity contribution in [3.8, 4) is 11.5 Å². The second kappa shape index (κ2) is 9.91. The lowest BCUT2D eigenvalue weighted by Gasteiger charge is -2.12. The minimum Gasteiger partial charge on any atom is -0.490 e. The first kappa shape index (κ1) is 20.7. The molecule has 1 heterocycles. The van der Waals surface area contributed by atoms with Crippen LogP contribution in [0, 0.1) is 10.1 Å². The van der Waals surface area contributed by atoms with Crippen molar-refractivity contribution in [2.75, 3.05) is 13.2 Å². The van der Waals surface area contributed by atoms with E-state index in [0.717, 1.165) is 5.56 Å². The molecule has 0 aliphatic heterocycles. The Bertz CT molecular complexity index is 809. The second-order valence-electron chi connectivity index (χ2n) is 5.49. The largest absolute Gasteiger partial charge is 0.490 e. The number of ether oxygens (including phenoxy) is 2. The smallest absolute Gasteiger partial charge is 0.404 e. The number of amides is 1. The Labute approximate surface area is 164 Å². The number of hydrogen-bond donors (Lipinski definition) is 1. The molecule has 0 saturated heterocycles. The van der Waals surface area contributed by atoms with Crippen LogP contribution in [-0.2, 0) is 17.9 Å². The molecule has 27 heavy (non-hydrogen) atoms. The fourth-order valence-electron chi connectivity index (χ4n) is 2.34. The summed E-state index contributed by atoms with van der Waals surface area (Å²) < 4.78 is 12.7. The van der Waals surface area contributed by atoms with Gasteiger partial charge in [0.1, 0.15) is 4.47 Å². The van der Waals surface area contributed by atoms with Crippen molar-refractivity contribution >= 4 is 27.7 Å². The third kappa shape index (κ3) is 5.95. The zero-order valence-corrected chi connectivity index (χ0v) is 16.7. The van der Waals surface area contributed by atoms with Crippen LogP contribution in [-0.4, -0.2) is 33.8 Å². The molecule has 146 valence electrons. The number of aromatic nitrogens is 2. The molecule has 0 fully saturated rings. The Morgan fingerprint density at radius 1 is 1.30 bits per heavy atom. The molecular formula is C17H21BrN4O5. The molecule has 9 nitrogen and oxygen atoms in total. The highest BCUT2D eigenvalue weighted by Crippen LogP contribution is 2.28. The minimum absolute atomic E-state index is 0.153. The molecule has 0 aliphatic rings. The Kier molecular flexibility index (Phi) is 7.59. The van der Waals surface area contributed by atoms with Crippen molar-refractivity contribution in [1.29, 1.82) is 0 Å². The van der Waals surface area contributed by atoms with Gasteiger partial charge < -0.3 is 24.9 Å². The summed E-state index contributed by atoms with van der Waals surface area (Å²) in [6.45, 7) is 5.43. The van der Waals surface area contributed by atoms with E-state index >= 15 is 0 Å². The van der Waals surface area contributed by atoms with E-state index < -0.39 is 4.92 Å². The average molecular weight is 441 g/mol. The van der Waals surface area contributed by atoms with Crippen molar-refractivity contribution in [1.82, 2.24) is 15.1 Å². The topological polar surface area (TPSA) is 109 Å². The quantitative estimate of drug-likeness (QED) is 0.449. The fraction of sp³-hybridized carbons (Fsp3) is 0.412. The molecule has 0 atom stereocenters. The Morgan fingerprint density at radius 3 is 2.63 bits per heavy atom. The number of rotatable bonds is 10. The summed E-state index contributed by atoms with van der Waals surface area (Å²) in [6.07, 6.45) is 1.63. The average Bonchev–Trinajstić information content (AvgIpc) is 3.01. The molecule has 0 bridgehead atoms. The van der Waals surface area contributed by atoms with Gasteiger partial charge in [-0.3, -0.25) is 4.79 Å². The number of halogens is 1. The summed E-state index contributed by atoms with van der Waals surface area (Å²) in [4.78, 5) is 22.2. The van der Waals surface area contributed by atoms with Crippen LogP contribution in [0.15, 0.2) is 28.9 Å². The van der Waals surface area contributed by atoms with E-state index in [4.69, 9.17) is 9.47 Å². The minimum atomic E-state index is -0.581. The number of benzene rings is 1. The Hall–Kier alpha value is -2.62. The standard InChI is InChI=1S/C17H21BrN4O5/c1-3-26-14-6-5-12(9-15(14)27-4-2)10-19-16(23)7-8-21-11-13(18)17(20-21)22(24)25/h5-6,9,11H,3-4,7-8,10H2,1-2H3,(H,19,23). The zero-order valence-electron chi connectivity index (χ0n) is 15.1. The number of aryl methyl sites for hydroxylation is 1. The molecule has 0 spiro atoms. The van der Waals surface area contributed by atoms with Gasteiger partial charge >= 0.3 is 5.82 Å². The maximum atomic E-state index is 12.0. The summed E-state index contributed by atoms with van der Waals surface area (Å²) in [6, 6.07) is 5.51. The van der Waals surface area contributed by atoms with Crippen molar-refractivity contribution in [2.24, 2.45) is 0 Å². The molecule has 2 rings (SSSR count). The maximum Gasteiger partial charge on any atom is 0.404 e. The van der Waals surface area contributed by atoms with Gasteiger partial charge in [-0.05, 0) is 52.4 Å². The van der Waals surface area contributed by atoms with E-state index in [1.165, 1.54) is 10.9 Å². The van der Waals surface area contributed by atoms with Gasteiger partial charge in [0.25, 0.3) is 0 Å². The van der Waals surface area contributed by atoms with Crippen LogP contribution in [0.25, 0.3) is 0 Å².